The van der Waals surface area contributed by atoms with Crippen molar-refractivity contribution in [3.8, 4) is 5.75 Å². The number of H-pyrrole nitrogens is 1. The molecule has 3 rings (SSSR count). The summed E-state index contributed by atoms with van der Waals surface area (Å²) in [5.41, 5.74) is 3.50. The summed E-state index contributed by atoms with van der Waals surface area (Å²) in [7, 11) is 1.69. The molecule has 3 heteroatoms. The van der Waals surface area contributed by atoms with E-state index in [1.54, 1.807) is 7.11 Å². The standard InChI is InChI=1S/C14H12BrNO/c1-8-5-11-10-4-3-9(17-2)6-13(10)16-14(11)7-12(8)15/h3-7,16H,1-2H3. The Balaban J connectivity index is 2.41. The van der Waals surface area contributed by atoms with Crippen LogP contribution < -0.4 is 4.74 Å². The van der Waals surface area contributed by atoms with Crippen molar-refractivity contribution in [2.45, 2.75) is 6.92 Å². The van der Waals surface area contributed by atoms with Crippen LogP contribution in [0.5, 0.6) is 5.75 Å². The summed E-state index contributed by atoms with van der Waals surface area (Å²) in [5.74, 6) is 0.875. The van der Waals surface area contributed by atoms with Crippen LogP contribution in [0.1, 0.15) is 5.56 Å². The average molecular weight is 290 g/mol. The van der Waals surface area contributed by atoms with E-state index in [1.165, 1.54) is 16.3 Å². The number of aromatic nitrogens is 1. The normalized spacial score (nSPS) is 11.2. The minimum absolute atomic E-state index is 0.875. The van der Waals surface area contributed by atoms with E-state index < -0.39 is 0 Å². The third kappa shape index (κ3) is 1.62. The third-order valence-electron chi connectivity index (χ3n) is 3.09. The molecule has 2 aromatic carbocycles. The molecule has 0 atom stereocenters. The van der Waals surface area contributed by atoms with Gasteiger partial charge in [-0.05, 0) is 36.8 Å². The van der Waals surface area contributed by atoms with Gasteiger partial charge in [0.2, 0.25) is 0 Å². The maximum atomic E-state index is 5.24. The number of aromatic amines is 1. The first-order valence-electron chi connectivity index (χ1n) is 5.44. The fourth-order valence-corrected chi connectivity index (χ4v) is 2.48. The Labute approximate surface area is 108 Å². The highest BCUT2D eigenvalue weighted by Gasteiger charge is 2.07. The van der Waals surface area contributed by atoms with Crippen LogP contribution in [0.15, 0.2) is 34.8 Å². The van der Waals surface area contributed by atoms with E-state index >= 15 is 0 Å². The van der Waals surface area contributed by atoms with E-state index in [1.807, 2.05) is 12.1 Å². The van der Waals surface area contributed by atoms with E-state index in [4.69, 9.17) is 4.74 Å². The molecule has 2 nitrogen and oxygen atoms in total. The number of fused-ring (bicyclic) bond motifs is 3. The van der Waals surface area contributed by atoms with Gasteiger partial charge in [0.15, 0.2) is 0 Å². The zero-order valence-corrected chi connectivity index (χ0v) is 11.3. The fourth-order valence-electron chi connectivity index (χ4n) is 2.14. The monoisotopic (exact) mass is 289 g/mol. The van der Waals surface area contributed by atoms with Gasteiger partial charge in [0.25, 0.3) is 0 Å². The number of halogens is 1. The van der Waals surface area contributed by atoms with E-state index in [2.05, 4.69) is 46.0 Å². The summed E-state index contributed by atoms with van der Waals surface area (Å²) in [4.78, 5) is 3.41. The molecule has 0 fully saturated rings. The van der Waals surface area contributed by atoms with Crippen LogP contribution in [0.25, 0.3) is 21.8 Å². The molecule has 0 aliphatic rings. The zero-order chi connectivity index (χ0) is 12.0. The molecule has 0 radical (unpaired) electrons. The van der Waals surface area contributed by atoms with Crippen molar-refractivity contribution in [3.05, 3.63) is 40.4 Å². The second kappa shape index (κ2) is 3.77. The molecule has 0 aliphatic carbocycles. The van der Waals surface area contributed by atoms with Gasteiger partial charge in [0.1, 0.15) is 5.75 Å². The van der Waals surface area contributed by atoms with Crippen molar-refractivity contribution < 1.29 is 4.74 Å². The summed E-state index contributed by atoms with van der Waals surface area (Å²) in [5, 5.41) is 2.49. The first-order valence-corrected chi connectivity index (χ1v) is 6.24. The Morgan fingerprint density at radius 3 is 2.59 bits per heavy atom. The SMILES string of the molecule is COc1ccc2c(c1)[nH]c1cc(Br)c(C)cc12. The summed E-state index contributed by atoms with van der Waals surface area (Å²) in [6.45, 7) is 2.10. The number of rotatable bonds is 1. The van der Waals surface area contributed by atoms with Gasteiger partial charge in [-0.1, -0.05) is 15.9 Å². The molecule has 1 heterocycles. The van der Waals surface area contributed by atoms with Crippen molar-refractivity contribution in [3.63, 3.8) is 0 Å². The Morgan fingerprint density at radius 2 is 1.82 bits per heavy atom. The molecule has 17 heavy (non-hydrogen) atoms. The Bertz CT molecular complexity index is 715. The van der Waals surface area contributed by atoms with Crippen LogP contribution in [0.2, 0.25) is 0 Å². The minimum atomic E-state index is 0.875. The number of benzene rings is 2. The van der Waals surface area contributed by atoms with Crippen molar-refractivity contribution in [1.82, 2.24) is 4.98 Å². The molecule has 3 aromatic rings. The van der Waals surface area contributed by atoms with Gasteiger partial charge in [0.05, 0.1) is 12.6 Å². The molecule has 0 amide bonds. The first kappa shape index (κ1) is 10.7. The number of methoxy groups -OCH3 is 1. The second-order valence-electron chi connectivity index (χ2n) is 4.18. The average Bonchev–Trinajstić information content (AvgIpc) is 2.66. The molecular weight excluding hydrogens is 278 g/mol. The molecular formula is C14H12BrNO. The lowest BCUT2D eigenvalue weighted by Gasteiger charge is -1.99. The number of hydrogen-bond donors (Lipinski definition) is 1. The van der Waals surface area contributed by atoms with Gasteiger partial charge in [-0.25, -0.2) is 0 Å². The molecule has 0 aliphatic heterocycles. The molecule has 86 valence electrons. The van der Waals surface area contributed by atoms with Crippen LogP contribution in [-0.2, 0) is 0 Å². The third-order valence-corrected chi connectivity index (χ3v) is 3.94. The smallest absolute Gasteiger partial charge is 0.120 e. The highest BCUT2D eigenvalue weighted by atomic mass is 79.9. The van der Waals surface area contributed by atoms with Gasteiger partial charge in [-0.15, -0.1) is 0 Å². The Kier molecular flexibility index (Phi) is 2.37. The van der Waals surface area contributed by atoms with Crippen LogP contribution in [-0.4, -0.2) is 12.1 Å². The molecule has 0 saturated heterocycles. The van der Waals surface area contributed by atoms with Gasteiger partial charge >= 0.3 is 0 Å². The van der Waals surface area contributed by atoms with Gasteiger partial charge in [0, 0.05) is 26.8 Å². The molecule has 0 spiro atoms. The number of hydrogen-bond acceptors (Lipinski definition) is 1. The summed E-state index contributed by atoms with van der Waals surface area (Å²) < 4.78 is 6.36. The largest absolute Gasteiger partial charge is 0.497 e. The highest BCUT2D eigenvalue weighted by molar-refractivity contribution is 9.10. The second-order valence-corrected chi connectivity index (χ2v) is 5.04. The van der Waals surface area contributed by atoms with E-state index in [-0.39, 0.29) is 0 Å². The van der Waals surface area contributed by atoms with Crippen molar-refractivity contribution in [2.24, 2.45) is 0 Å². The summed E-state index contributed by atoms with van der Waals surface area (Å²) in [6.07, 6.45) is 0. The minimum Gasteiger partial charge on any atom is -0.497 e. The Hall–Kier alpha value is -1.48. The van der Waals surface area contributed by atoms with Gasteiger partial charge < -0.3 is 9.72 Å². The van der Waals surface area contributed by atoms with Crippen molar-refractivity contribution in [1.29, 1.82) is 0 Å². The maximum absolute atomic E-state index is 5.24. The highest BCUT2D eigenvalue weighted by Crippen LogP contribution is 2.31. The Morgan fingerprint density at radius 1 is 1.06 bits per heavy atom. The van der Waals surface area contributed by atoms with Gasteiger partial charge in [-0.3, -0.25) is 0 Å². The fraction of sp³-hybridized carbons (Fsp3) is 0.143. The first-order chi connectivity index (χ1) is 8.19. The van der Waals surface area contributed by atoms with Crippen LogP contribution in [0.4, 0.5) is 0 Å². The summed E-state index contributed by atoms with van der Waals surface area (Å²) >= 11 is 3.56. The maximum Gasteiger partial charge on any atom is 0.120 e. The van der Waals surface area contributed by atoms with Gasteiger partial charge in [-0.2, -0.15) is 0 Å². The molecule has 1 N–H and O–H groups in total. The number of nitrogens with one attached hydrogen (secondary N) is 1. The molecule has 0 bridgehead atoms. The molecule has 1 aromatic heterocycles. The van der Waals surface area contributed by atoms with E-state index in [0.717, 1.165) is 21.3 Å². The molecule has 0 saturated carbocycles. The van der Waals surface area contributed by atoms with Crippen molar-refractivity contribution >= 4 is 37.7 Å². The van der Waals surface area contributed by atoms with E-state index in [9.17, 15) is 0 Å². The van der Waals surface area contributed by atoms with Crippen LogP contribution in [0.3, 0.4) is 0 Å². The topological polar surface area (TPSA) is 25.0 Å². The lowest BCUT2D eigenvalue weighted by atomic mass is 10.1. The van der Waals surface area contributed by atoms with Crippen molar-refractivity contribution in [2.75, 3.05) is 7.11 Å². The number of ether oxygens (including phenoxy) is 1. The quantitative estimate of drug-likeness (QED) is 0.706. The van der Waals surface area contributed by atoms with E-state index in [0.29, 0.717) is 0 Å². The predicted octanol–water partition coefficient (Wildman–Crippen LogP) is 4.40. The lowest BCUT2D eigenvalue weighted by Crippen LogP contribution is -1.80. The van der Waals surface area contributed by atoms with Crippen LogP contribution in [0, 0.1) is 6.92 Å². The summed E-state index contributed by atoms with van der Waals surface area (Å²) in [6, 6.07) is 10.4. The lowest BCUT2D eigenvalue weighted by molar-refractivity contribution is 0.415. The predicted molar refractivity (Wildman–Crippen MR) is 74.8 cm³/mol. The van der Waals surface area contributed by atoms with Crippen LogP contribution >= 0.6 is 15.9 Å². The number of aryl methyl sites for hydroxylation is 1. The molecule has 0 unspecified atom stereocenters. The zero-order valence-electron chi connectivity index (χ0n) is 9.67.